The molecule has 33 heavy (non-hydrogen) atoms. The molecule has 0 fully saturated rings. The Hall–Kier alpha value is -3.23. The molecule has 2 heterocycles. The molecule has 0 radical (unpaired) electrons. The third-order valence-electron chi connectivity index (χ3n) is 5.59. The van der Waals surface area contributed by atoms with Crippen molar-refractivity contribution in [1.82, 2.24) is 15.2 Å². The Kier molecular flexibility index (Phi) is 7.05. The third-order valence-corrected chi connectivity index (χ3v) is 5.83. The van der Waals surface area contributed by atoms with Crippen molar-refractivity contribution >= 4 is 34.5 Å². The quantitative estimate of drug-likeness (QED) is 0.490. The van der Waals surface area contributed by atoms with E-state index in [1.807, 2.05) is 30.3 Å². The van der Waals surface area contributed by atoms with Crippen LogP contribution in [0.15, 0.2) is 42.5 Å². The number of nitrogens with zero attached hydrogens (tertiary/aromatic N) is 1. The van der Waals surface area contributed by atoms with Gasteiger partial charge in [0, 0.05) is 34.7 Å². The molecule has 9 heteroatoms. The van der Waals surface area contributed by atoms with Crippen LogP contribution in [0.1, 0.15) is 29.8 Å². The van der Waals surface area contributed by atoms with Gasteiger partial charge in [-0.2, -0.15) is 0 Å². The summed E-state index contributed by atoms with van der Waals surface area (Å²) in [6, 6.07) is 12.7. The van der Waals surface area contributed by atoms with Crippen LogP contribution in [0.2, 0.25) is 5.02 Å². The molecular weight excluding hydrogens is 446 g/mol. The molecule has 0 spiro atoms. The van der Waals surface area contributed by atoms with Crippen LogP contribution in [-0.2, 0) is 16.0 Å². The maximum absolute atomic E-state index is 12.8. The van der Waals surface area contributed by atoms with Crippen LogP contribution in [0.5, 0.6) is 5.75 Å². The van der Waals surface area contributed by atoms with Crippen molar-refractivity contribution in [2.24, 2.45) is 0 Å². The zero-order valence-corrected chi connectivity index (χ0v) is 19.0. The van der Waals surface area contributed by atoms with Crippen LogP contribution in [0.25, 0.3) is 10.9 Å². The second-order valence-electron chi connectivity index (χ2n) is 7.68. The van der Waals surface area contributed by atoms with Gasteiger partial charge < -0.3 is 24.9 Å². The van der Waals surface area contributed by atoms with Gasteiger partial charge in [0.1, 0.15) is 11.8 Å². The number of aromatic amines is 1. The van der Waals surface area contributed by atoms with Crippen molar-refractivity contribution in [3.8, 4) is 5.75 Å². The Morgan fingerprint density at radius 1 is 1.24 bits per heavy atom. The molecule has 0 saturated carbocycles. The summed E-state index contributed by atoms with van der Waals surface area (Å²) in [5.41, 5.74) is 3.93. The van der Waals surface area contributed by atoms with E-state index in [1.165, 1.54) is 0 Å². The van der Waals surface area contributed by atoms with Crippen LogP contribution in [-0.4, -0.2) is 59.9 Å². The zero-order valence-electron chi connectivity index (χ0n) is 18.3. The summed E-state index contributed by atoms with van der Waals surface area (Å²) in [5, 5.41) is 13.0. The Labute approximate surface area is 196 Å². The molecule has 3 aromatic rings. The fourth-order valence-corrected chi connectivity index (χ4v) is 4.32. The minimum Gasteiger partial charge on any atom is -0.484 e. The van der Waals surface area contributed by atoms with Crippen molar-refractivity contribution in [2.75, 3.05) is 32.9 Å². The van der Waals surface area contributed by atoms with E-state index in [9.17, 15) is 9.59 Å². The largest absolute Gasteiger partial charge is 0.484 e. The Morgan fingerprint density at radius 2 is 2.03 bits per heavy atom. The average molecular weight is 472 g/mol. The summed E-state index contributed by atoms with van der Waals surface area (Å²) in [6.07, 6.45) is 0.320. The molecule has 1 atom stereocenters. The van der Waals surface area contributed by atoms with Crippen LogP contribution >= 0.6 is 11.6 Å². The SMILES string of the molecule is CCOC(=O)N1CCc2c([nH]c3ccc(Cl)cc23)C1c1ccc(OCC(=O)NCCO)cc1. The maximum atomic E-state index is 12.8. The number of rotatable bonds is 7. The highest BCUT2D eigenvalue weighted by Crippen LogP contribution is 2.39. The number of H-pyrrole nitrogens is 1. The second kappa shape index (κ2) is 10.1. The van der Waals surface area contributed by atoms with Crippen molar-refractivity contribution in [3.05, 3.63) is 64.3 Å². The first-order chi connectivity index (χ1) is 16.0. The first kappa shape index (κ1) is 22.9. The van der Waals surface area contributed by atoms with E-state index in [0.717, 1.165) is 27.7 Å². The molecule has 1 aliphatic heterocycles. The number of ether oxygens (including phenoxy) is 2. The maximum Gasteiger partial charge on any atom is 0.410 e. The molecular formula is C24H26ClN3O5. The molecule has 4 rings (SSSR count). The number of carbonyl (C=O) groups excluding carboxylic acids is 2. The van der Waals surface area contributed by atoms with Gasteiger partial charge in [0.25, 0.3) is 5.91 Å². The minimum absolute atomic E-state index is 0.124. The summed E-state index contributed by atoms with van der Waals surface area (Å²) < 4.78 is 10.9. The van der Waals surface area contributed by atoms with Gasteiger partial charge in [-0.3, -0.25) is 9.69 Å². The van der Waals surface area contributed by atoms with Gasteiger partial charge in [-0.15, -0.1) is 0 Å². The molecule has 1 aliphatic rings. The number of fused-ring (bicyclic) bond motifs is 3. The summed E-state index contributed by atoms with van der Waals surface area (Å²) in [5.74, 6) is 0.218. The van der Waals surface area contributed by atoms with E-state index in [0.29, 0.717) is 30.3 Å². The summed E-state index contributed by atoms with van der Waals surface area (Å²) in [7, 11) is 0. The average Bonchev–Trinajstić information content (AvgIpc) is 3.19. The summed E-state index contributed by atoms with van der Waals surface area (Å²) in [4.78, 5) is 29.7. The van der Waals surface area contributed by atoms with Crippen LogP contribution < -0.4 is 10.1 Å². The fourth-order valence-electron chi connectivity index (χ4n) is 4.15. The molecule has 2 aromatic carbocycles. The summed E-state index contributed by atoms with van der Waals surface area (Å²) in [6.45, 7) is 2.51. The highest BCUT2D eigenvalue weighted by Gasteiger charge is 2.35. The normalized spacial score (nSPS) is 15.2. The standard InChI is InChI=1S/C24H26ClN3O5/c1-2-32-24(31)28-11-9-18-19-13-16(25)5-8-20(19)27-22(18)23(28)15-3-6-17(7-4-15)33-14-21(30)26-10-12-29/h3-8,13,23,27,29H,2,9-12,14H2,1H3,(H,26,30). The van der Waals surface area contributed by atoms with Crippen molar-refractivity contribution in [2.45, 2.75) is 19.4 Å². The number of aliphatic hydroxyl groups is 1. The number of nitrogens with one attached hydrogen (secondary N) is 2. The lowest BCUT2D eigenvalue weighted by Crippen LogP contribution is -2.40. The van der Waals surface area contributed by atoms with E-state index < -0.39 is 0 Å². The lowest BCUT2D eigenvalue weighted by molar-refractivity contribution is -0.123. The van der Waals surface area contributed by atoms with Crippen molar-refractivity contribution < 1.29 is 24.2 Å². The number of aromatic nitrogens is 1. The van der Waals surface area contributed by atoms with Crippen LogP contribution in [0.3, 0.4) is 0 Å². The molecule has 2 amide bonds. The molecule has 8 nitrogen and oxygen atoms in total. The van der Waals surface area contributed by atoms with Gasteiger partial charge in [0.2, 0.25) is 0 Å². The van der Waals surface area contributed by atoms with Gasteiger partial charge in [-0.05, 0) is 54.8 Å². The van der Waals surface area contributed by atoms with E-state index in [4.69, 9.17) is 26.2 Å². The highest BCUT2D eigenvalue weighted by molar-refractivity contribution is 6.31. The Morgan fingerprint density at radius 3 is 2.76 bits per heavy atom. The predicted molar refractivity (Wildman–Crippen MR) is 125 cm³/mol. The first-order valence-corrected chi connectivity index (χ1v) is 11.2. The number of amides is 2. The second-order valence-corrected chi connectivity index (χ2v) is 8.12. The molecule has 0 bridgehead atoms. The summed E-state index contributed by atoms with van der Waals surface area (Å²) >= 11 is 6.24. The number of aliphatic hydroxyl groups excluding tert-OH is 1. The lowest BCUT2D eigenvalue weighted by atomic mass is 9.92. The zero-order chi connectivity index (χ0) is 23.4. The van der Waals surface area contributed by atoms with E-state index in [2.05, 4.69) is 10.3 Å². The molecule has 1 aromatic heterocycles. The van der Waals surface area contributed by atoms with Gasteiger partial charge in [-0.1, -0.05) is 23.7 Å². The monoisotopic (exact) mass is 471 g/mol. The fraction of sp³-hybridized carbons (Fsp3) is 0.333. The van der Waals surface area contributed by atoms with Crippen LogP contribution in [0.4, 0.5) is 4.79 Å². The van der Waals surface area contributed by atoms with E-state index in [1.54, 1.807) is 24.0 Å². The number of hydrogen-bond acceptors (Lipinski definition) is 5. The lowest BCUT2D eigenvalue weighted by Gasteiger charge is -2.35. The number of halogens is 1. The smallest absolute Gasteiger partial charge is 0.410 e. The Bertz CT molecular complexity index is 1140. The van der Waals surface area contributed by atoms with Gasteiger partial charge in [-0.25, -0.2) is 4.79 Å². The molecule has 3 N–H and O–H groups in total. The van der Waals surface area contributed by atoms with Gasteiger partial charge in [0.15, 0.2) is 6.61 Å². The Balaban J connectivity index is 1.63. The minimum atomic E-state index is -0.370. The molecule has 1 unspecified atom stereocenters. The predicted octanol–water partition coefficient (Wildman–Crippen LogP) is 3.41. The number of carbonyl (C=O) groups is 2. The van der Waals surface area contributed by atoms with E-state index in [-0.39, 0.29) is 37.8 Å². The van der Waals surface area contributed by atoms with Crippen LogP contribution in [0, 0.1) is 0 Å². The highest BCUT2D eigenvalue weighted by atomic mass is 35.5. The third kappa shape index (κ3) is 4.91. The topological polar surface area (TPSA) is 104 Å². The van der Waals surface area contributed by atoms with E-state index >= 15 is 0 Å². The molecule has 174 valence electrons. The van der Waals surface area contributed by atoms with Crippen molar-refractivity contribution in [3.63, 3.8) is 0 Å². The first-order valence-electron chi connectivity index (χ1n) is 10.9. The van der Waals surface area contributed by atoms with Crippen molar-refractivity contribution in [1.29, 1.82) is 0 Å². The number of hydrogen-bond donors (Lipinski definition) is 3. The van der Waals surface area contributed by atoms with Gasteiger partial charge in [0.05, 0.1) is 13.2 Å². The van der Waals surface area contributed by atoms with Gasteiger partial charge >= 0.3 is 6.09 Å². The molecule has 0 saturated heterocycles. The number of benzene rings is 2. The molecule has 0 aliphatic carbocycles.